The molecule has 1 aromatic carbocycles. The number of rotatable bonds is 6. The Morgan fingerprint density at radius 2 is 2.35 bits per heavy atom. The first-order valence-corrected chi connectivity index (χ1v) is 7.73. The van der Waals surface area contributed by atoms with Gasteiger partial charge >= 0.3 is 0 Å². The van der Waals surface area contributed by atoms with Gasteiger partial charge in [0.15, 0.2) is 0 Å². The molecule has 5 nitrogen and oxygen atoms in total. The van der Waals surface area contributed by atoms with Gasteiger partial charge in [0.2, 0.25) is 5.91 Å². The maximum absolute atomic E-state index is 11.9. The highest BCUT2D eigenvalue weighted by Gasteiger charge is 2.13. The second-order valence-electron chi connectivity index (χ2n) is 4.22. The third kappa shape index (κ3) is 3.62. The van der Waals surface area contributed by atoms with Gasteiger partial charge in [0.25, 0.3) is 0 Å². The van der Waals surface area contributed by atoms with Crippen molar-refractivity contribution in [3.63, 3.8) is 0 Å². The third-order valence-electron chi connectivity index (χ3n) is 2.84. The molecule has 0 bridgehead atoms. The van der Waals surface area contributed by atoms with Crippen molar-refractivity contribution in [2.75, 3.05) is 20.3 Å². The Bertz CT molecular complexity index is 615. The average Bonchev–Trinajstić information content (AvgIpc) is 2.76. The van der Waals surface area contributed by atoms with E-state index in [0.29, 0.717) is 19.0 Å². The fourth-order valence-corrected chi connectivity index (χ4v) is 2.60. The number of nitrogens with one attached hydrogen (secondary N) is 1. The second-order valence-corrected chi connectivity index (χ2v) is 5.74. The van der Waals surface area contributed by atoms with Crippen molar-refractivity contribution < 1.29 is 9.53 Å². The van der Waals surface area contributed by atoms with E-state index in [1.54, 1.807) is 7.11 Å². The largest absolute Gasteiger partial charge is 0.383 e. The van der Waals surface area contributed by atoms with Crippen LogP contribution in [0.3, 0.4) is 0 Å². The summed E-state index contributed by atoms with van der Waals surface area (Å²) in [6.07, 6.45) is 0. The van der Waals surface area contributed by atoms with Crippen LogP contribution in [0, 0.1) is 3.57 Å². The lowest BCUT2D eigenvalue weighted by Gasteiger charge is -2.08. The van der Waals surface area contributed by atoms with Gasteiger partial charge < -0.3 is 14.6 Å². The number of hydrogen-bond donors (Lipinski definition) is 1. The molecule has 1 aromatic heterocycles. The summed E-state index contributed by atoms with van der Waals surface area (Å²) in [5, 5.41) is 2.79. The molecule has 0 unspecified atom stereocenters. The van der Waals surface area contributed by atoms with Crippen molar-refractivity contribution in [2.45, 2.75) is 12.4 Å². The highest BCUT2D eigenvalue weighted by atomic mass is 127. The van der Waals surface area contributed by atoms with Crippen LogP contribution in [-0.4, -0.2) is 35.7 Å². The summed E-state index contributed by atoms with van der Waals surface area (Å²) in [5.74, 6) is 0.896. The lowest BCUT2D eigenvalue weighted by molar-refractivity contribution is -0.121. The number of halogens is 2. The molecule has 7 heteroatoms. The average molecular weight is 408 g/mol. The predicted octanol–water partition coefficient (Wildman–Crippen LogP) is 2.14. The molecule has 20 heavy (non-hydrogen) atoms. The fraction of sp³-hybridized carbons (Fsp3) is 0.385. The minimum absolute atomic E-state index is 0.0775. The molecule has 0 saturated carbocycles. The number of amides is 1. The number of carbonyl (C=O) groups excluding carboxylic acids is 1. The Labute approximate surface area is 135 Å². The zero-order valence-corrected chi connectivity index (χ0v) is 13.9. The number of alkyl halides is 1. The quantitative estimate of drug-likeness (QED) is 0.453. The van der Waals surface area contributed by atoms with Crippen LogP contribution in [0.25, 0.3) is 11.0 Å². The van der Waals surface area contributed by atoms with E-state index >= 15 is 0 Å². The molecule has 1 amide bonds. The minimum Gasteiger partial charge on any atom is -0.383 e. The minimum atomic E-state index is -0.0775. The monoisotopic (exact) mass is 407 g/mol. The molecule has 0 radical (unpaired) electrons. The van der Waals surface area contributed by atoms with Crippen molar-refractivity contribution in [2.24, 2.45) is 0 Å². The van der Waals surface area contributed by atoms with Crippen LogP contribution in [0.1, 0.15) is 5.82 Å². The Hall–Kier alpha value is -0.860. The maximum Gasteiger partial charge on any atom is 0.240 e. The lowest BCUT2D eigenvalue weighted by atomic mass is 10.3. The van der Waals surface area contributed by atoms with Gasteiger partial charge in [-0.1, -0.05) is 0 Å². The molecule has 0 spiro atoms. The smallest absolute Gasteiger partial charge is 0.240 e. The highest BCUT2D eigenvalue weighted by Crippen LogP contribution is 2.20. The number of methoxy groups -OCH3 is 1. The number of imidazole rings is 1. The van der Waals surface area contributed by atoms with E-state index in [2.05, 4.69) is 32.9 Å². The zero-order chi connectivity index (χ0) is 14.5. The lowest BCUT2D eigenvalue weighted by Crippen LogP contribution is -2.30. The Kier molecular flexibility index (Phi) is 5.62. The molecule has 0 fully saturated rings. The Balaban J connectivity index is 2.21. The first-order chi connectivity index (χ1) is 9.65. The van der Waals surface area contributed by atoms with Gasteiger partial charge in [0.05, 0.1) is 23.5 Å². The first-order valence-electron chi connectivity index (χ1n) is 6.12. The molecule has 0 aliphatic heterocycles. The predicted molar refractivity (Wildman–Crippen MR) is 86.9 cm³/mol. The molecular formula is C13H15ClIN3O2. The first kappa shape index (κ1) is 15.5. The van der Waals surface area contributed by atoms with Crippen molar-refractivity contribution in [1.29, 1.82) is 0 Å². The van der Waals surface area contributed by atoms with Crippen LogP contribution in [0.15, 0.2) is 18.2 Å². The number of ether oxygens (including phenoxy) is 1. The summed E-state index contributed by atoms with van der Waals surface area (Å²) in [4.78, 5) is 16.4. The Morgan fingerprint density at radius 1 is 1.55 bits per heavy atom. The number of nitrogens with zero attached hydrogens (tertiary/aromatic N) is 2. The van der Waals surface area contributed by atoms with E-state index in [1.165, 1.54) is 0 Å². The number of aromatic nitrogens is 2. The summed E-state index contributed by atoms with van der Waals surface area (Å²) in [7, 11) is 1.60. The van der Waals surface area contributed by atoms with E-state index in [9.17, 15) is 4.79 Å². The van der Waals surface area contributed by atoms with Gasteiger partial charge in [-0.2, -0.15) is 0 Å². The summed E-state index contributed by atoms with van der Waals surface area (Å²) in [6, 6.07) is 5.93. The normalized spacial score (nSPS) is 10.9. The topological polar surface area (TPSA) is 56.1 Å². The third-order valence-corrected chi connectivity index (χ3v) is 3.75. The van der Waals surface area contributed by atoms with Gasteiger partial charge in [-0.25, -0.2) is 4.98 Å². The van der Waals surface area contributed by atoms with Gasteiger partial charge in [-0.05, 0) is 40.8 Å². The molecule has 0 saturated heterocycles. The van der Waals surface area contributed by atoms with Gasteiger partial charge in [-0.15, -0.1) is 11.6 Å². The molecule has 0 aliphatic rings. The van der Waals surface area contributed by atoms with Crippen LogP contribution in [0.4, 0.5) is 0 Å². The van der Waals surface area contributed by atoms with Crippen LogP contribution in [-0.2, 0) is 22.0 Å². The molecule has 2 rings (SSSR count). The molecule has 108 valence electrons. The fourth-order valence-electron chi connectivity index (χ4n) is 1.92. The van der Waals surface area contributed by atoms with E-state index < -0.39 is 0 Å². The molecule has 1 heterocycles. The number of benzene rings is 1. The van der Waals surface area contributed by atoms with E-state index in [-0.39, 0.29) is 18.3 Å². The number of fused-ring (bicyclic) bond motifs is 1. The maximum atomic E-state index is 11.9. The van der Waals surface area contributed by atoms with Gasteiger partial charge in [0, 0.05) is 17.2 Å². The number of hydrogen-bond acceptors (Lipinski definition) is 3. The van der Waals surface area contributed by atoms with Crippen molar-refractivity contribution >= 4 is 51.1 Å². The van der Waals surface area contributed by atoms with Crippen molar-refractivity contribution in [3.05, 3.63) is 27.6 Å². The Morgan fingerprint density at radius 3 is 3.05 bits per heavy atom. The summed E-state index contributed by atoms with van der Waals surface area (Å²) >= 11 is 8.15. The summed E-state index contributed by atoms with van der Waals surface area (Å²) < 4.78 is 7.85. The molecule has 1 N–H and O–H groups in total. The SMILES string of the molecule is COCCNC(=O)Cn1c(CCl)nc2cc(I)ccc21. The van der Waals surface area contributed by atoms with Crippen LogP contribution in [0.5, 0.6) is 0 Å². The van der Waals surface area contributed by atoms with E-state index in [4.69, 9.17) is 16.3 Å². The van der Waals surface area contributed by atoms with Crippen LogP contribution >= 0.6 is 34.2 Å². The van der Waals surface area contributed by atoms with Crippen LogP contribution in [0.2, 0.25) is 0 Å². The van der Waals surface area contributed by atoms with Crippen molar-refractivity contribution in [3.8, 4) is 0 Å². The van der Waals surface area contributed by atoms with E-state index in [1.807, 2.05) is 22.8 Å². The van der Waals surface area contributed by atoms with Crippen molar-refractivity contribution in [1.82, 2.24) is 14.9 Å². The van der Waals surface area contributed by atoms with Crippen LogP contribution < -0.4 is 5.32 Å². The highest BCUT2D eigenvalue weighted by molar-refractivity contribution is 14.1. The van der Waals surface area contributed by atoms with E-state index in [0.717, 1.165) is 14.6 Å². The summed E-state index contributed by atoms with van der Waals surface area (Å²) in [5.41, 5.74) is 1.78. The van der Waals surface area contributed by atoms with Gasteiger partial charge in [0.1, 0.15) is 12.4 Å². The zero-order valence-electron chi connectivity index (χ0n) is 11.0. The molecular weight excluding hydrogens is 393 g/mol. The molecule has 2 aromatic rings. The number of carbonyl (C=O) groups is 1. The standard InChI is InChI=1S/C13H15ClIN3O2/c1-20-5-4-16-13(19)8-18-11-3-2-9(15)6-10(11)17-12(18)7-14/h2-3,6H,4-5,7-8H2,1H3,(H,16,19). The molecule has 0 aliphatic carbocycles. The molecule has 0 atom stereocenters. The summed E-state index contributed by atoms with van der Waals surface area (Å²) in [6.45, 7) is 1.20. The second kappa shape index (κ2) is 7.24. The van der Waals surface area contributed by atoms with Gasteiger partial charge in [-0.3, -0.25) is 4.79 Å².